The van der Waals surface area contributed by atoms with E-state index in [1.54, 1.807) is 6.33 Å². The molecule has 0 bridgehead atoms. The van der Waals surface area contributed by atoms with E-state index in [1.807, 2.05) is 52.9 Å². The van der Waals surface area contributed by atoms with Crippen LogP contribution in [0.1, 0.15) is 28.4 Å². The summed E-state index contributed by atoms with van der Waals surface area (Å²) in [5.41, 5.74) is 6.15. The van der Waals surface area contributed by atoms with Crippen LogP contribution in [0.2, 0.25) is 0 Å². The van der Waals surface area contributed by atoms with Crippen LogP contribution in [0, 0.1) is 6.92 Å². The molecule has 0 spiro atoms. The Morgan fingerprint density at radius 1 is 0.943 bits per heavy atom. The average molecular weight is 463 g/mol. The lowest BCUT2D eigenvalue weighted by molar-refractivity contribution is 0.103. The number of aromatic nitrogens is 4. The zero-order chi connectivity index (χ0) is 23.9. The third-order valence-corrected chi connectivity index (χ3v) is 6.77. The highest BCUT2D eigenvalue weighted by atomic mass is 16.1. The van der Waals surface area contributed by atoms with Crippen molar-refractivity contribution in [1.82, 2.24) is 19.6 Å². The molecule has 1 atom stereocenters. The Labute approximate surface area is 203 Å². The van der Waals surface area contributed by atoms with Crippen molar-refractivity contribution in [2.24, 2.45) is 0 Å². The van der Waals surface area contributed by atoms with Gasteiger partial charge < -0.3 is 9.80 Å². The number of ketones is 1. The highest BCUT2D eigenvalue weighted by Crippen LogP contribution is 2.28. The second-order valence-corrected chi connectivity index (χ2v) is 9.19. The van der Waals surface area contributed by atoms with Crippen molar-refractivity contribution >= 4 is 34.0 Å². The Hall–Kier alpha value is -4.26. The van der Waals surface area contributed by atoms with E-state index in [-0.39, 0.29) is 5.78 Å². The van der Waals surface area contributed by atoms with Crippen molar-refractivity contribution in [3.05, 3.63) is 95.8 Å². The molecule has 0 radical (unpaired) electrons. The molecule has 1 aliphatic rings. The number of carbonyl (C=O) groups is 1. The Kier molecular flexibility index (Phi) is 5.17. The minimum absolute atomic E-state index is 0.0149. The normalized spacial score (nSPS) is 16.2. The van der Waals surface area contributed by atoms with Gasteiger partial charge in [0, 0.05) is 42.5 Å². The molecule has 35 heavy (non-hydrogen) atoms. The third kappa shape index (κ3) is 3.79. The number of rotatable bonds is 4. The van der Waals surface area contributed by atoms with E-state index in [1.165, 1.54) is 11.3 Å². The molecular formula is C28H26N6O. The van der Waals surface area contributed by atoms with E-state index < -0.39 is 0 Å². The first-order valence-corrected chi connectivity index (χ1v) is 11.9. The number of fused-ring (bicyclic) bond motifs is 3. The van der Waals surface area contributed by atoms with Crippen LogP contribution in [-0.2, 0) is 0 Å². The van der Waals surface area contributed by atoms with Crippen molar-refractivity contribution in [2.45, 2.75) is 19.9 Å². The zero-order valence-electron chi connectivity index (χ0n) is 19.8. The first-order valence-electron chi connectivity index (χ1n) is 11.9. The van der Waals surface area contributed by atoms with E-state index >= 15 is 0 Å². The number of anilines is 2. The summed E-state index contributed by atoms with van der Waals surface area (Å²) in [7, 11) is 0. The third-order valence-electron chi connectivity index (χ3n) is 6.77. The van der Waals surface area contributed by atoms with Crippen molar-refractivity contribution in [3.63, 3.8) is 0 Å². The van der Waals surface area contributed by atoms with Crippen LogP contribution in [0.15, 0.2) is 79.1 Å². The second-order valence-electron chi connectivity index (χ2n) is 9.19. The number of hydrogen-bond acceptors (Lipinski definition) is 6. The van der Waals surface area contributed by atoms with E-state index in [0.29, 0.717) is 22.8 Å². The molecule has 0 unspecified atom stereocenters. The van der Waals surface area contributed by atoms with Gasteiger partial charge >= 0.3 is 0 Å². The maximum atomic E-state index is 13.0. The fourth-order valence-electron chi connectivity index (χ4n) is 4.99. The molecule has 3 heterocycles. The standard InChI is InChI=1S/C28H26N6O/c1-19-7-6-10-23(15-19)33-14-13-32(17-20(33)2)27-28-31-29-18-34(28)25-16-22(11-12-24(25)30-27)26(35)21-8-4-3-5-9-21/h3-12,15-16,18,20H,13-14,17H2,1-2H3/t20-/m0/s1. The smallest absolute Gasteiger partial charge is 0.204 e. The maximum Gasteiger partial charge on any atom is 0.204 e. The molecule has 1 fully saturated rings. The van der Waals surface area contributed by atoms with E-state index in [9.17, 15) is 4.79 Å². The molecule has 3 aromatic carbocycles. The van der Waals surface area contributed by atoms with Gasteiger partial charge in [-0.05, 0) is 49.7 Å². The van der Waals surface area contributed by atoms with Crippen LogP contribution in [0.3, 0.4) is 0 Å². The molecule has 0 amide bonds. The molecule has 1 saturated heterocycles. The minimum Gasteiger partial charge on any atom is -0.365 e. The molecule has 5 aromatic rings. The summed E-state index contributed by atoms with van der Waals surface area (Å²) < 4.78 is 1.94. The number of hydrogen-bond donors (Lipinski definition) is 0. The largest absolute Gasteiger partial charge is 0.365 e. The Morgan fingerprint density at radius 2 is 1.80 bits per heavy atom. The quantitative estimate of drug-likeness (QED) is 0.366. The van der Waals surface area contributed by atoms with Crippen molar-refractivity contribution in [1.29, 1.82) is 0 Å². The van der Waals surface area contributed by atoms with Gasteiger partial charge in [0.05, 0.1) is 11.0 Å². The van der Waals surface area contributed by atoms with Crippen LogP contribution in [0.5, 0.6) is 0 Å². The van der Waals surface area contributed by atoms with Crippen molar-refractivity contribution < 1.29 is 4.79 Å². The summed E-state index contributed by atoms with van der Waals surface area (Å²) in [4.78, 5) is 22.7. The summed E-state index contributed by atoms with van der Waals surface area (Å²) in [6.45, 7) is 6.95. The van der Waals surface area contributed by atoms with Crippen LogP contribution in [-0.4, -0.2) is 51.0 Å². The summed E-state index contributed by atoms with van der Waals surface area (Å²) in [5, 5.41) is 8.58. The van der Waals surface area contributed by atoms with Crippen LogP contribution >= 0.6 is 0 Å². The summed E-state index contributed by atoms with van der Waals surface area (Å²) in [6, 6.07) is 24.0. The highest BCUT2D eigenvalue weighted by molar-refractivity contribution is 6.10. The minimum atomic E-state index is -0.0149. The lowest BCUT2D eigenvalue weighted by atomic mass is 10.0. The second kappa shape index (κ2) is 8.51. The lowest BCUT2D eigenvalue weighted by Gasteiger charge is -2.41. The van der Waals surface area contributed by atoms with Gasteiger partial charge in [0.1, 0.15) is 6.33 Å². The molecule has 2 aromatic heterocycles. The van der Waals surface area contributed by atoms with E-state index in [0.717, 1.165) is 36.5 Å². The van der Waals surface area contributed by atoms with Crippen LogP contribution < -0.4 is 9.80 Å². The fourth-order valence-corrected chi connectivity index (χ4v) is 4.99. The molecule has 0 aliphatic carbocycles. The number of piperazine rings is 1. The molecule has 6 rings (SSSR count). The Balaban J connectivity index is 1.34. The summed E-state index contributed by atoms with van der Waals surface area (Å²) in [5.74, 6) is 0.812. The maximum absolute atomic E-state index is 13.0. The SMILES string of the molecule is Cc1cccc(N2CCN(c3nc4ccc(C(=O)c5ccccc5)cc4n4cnnc34)C[C@@H]2C)c1. The van der Waals surface area contributed by atoms with E-state index in [4.69, 9.17) is 4.98 Å². The Morgan fingerprint density at radius 3 is 2.60 bits per heavy atom. The predicted molar refractivity (Wildman–Crippen MR) is 138 cm³/mol. The van der Waals surface area contributed by atoms with Gasteiger partial charge in [0.15, 0.2) is 11.6 Å². The fraction of sp³-hybridized carbons (Fsp3) is 0.214. The molecule has 174 valence electrons. The molecule has 1 aliphatic heterocycles. The van der Waals surface area contributed by atoms with Gasteiger partial charge in [-0.2, -0.15) is 0 Å². The number of aryl methyl sites for hydroxylation is 1. The first kappa shape index (κ1) is 21.3. The van der Waals surface area contributed by atoms with Gasteiger partial charge in [0.2, 0.25) is 5.65 Å². The lowest BCUT2D eigenvalue weighted by Crippen LogP contribution is -2.52. The van der Waals surface area contributed by atoms with Crippen LogP contribution in [0.4, 0.5) is 11.5 Å². The van der Waals surface area contributed by atoms with Crippen LogP contribution in [0.25, 0.3) is 16.7 Å². The number of benzene rings is 3. The van der Waals surface area contributed by atoms with E-state index in [2.05, 4.69) is 58.1 Å². The molecule has 0 N–H and O–H groups in total. The Bertz CT molecular complexity index is 1540. The topological polar surface area (TPSA) is 66.6 Å². The number of carbonyl (C=O) groups excluding carboxylic acids is 1. The molecular weight excluding hydrogens is 436 g/mol. The first-order chi connectivity index (χ1) is 17.1. The monoisotopic (exact) mass is 462 g/mol. The van der Waals surface area contributed by atoms with Crippen molar-refractivity contribution in [3.8, 4) is 0 Å². The van der Waals surface area contributed by atoms with Gasteiger partial charge in [-0.1, -0.05) is 42.5 Å². The molecule has 0 saturated carbocycles. The number of nitrogens with zero attached hydrogens (tertiary/aromatic N) is 6. The summed E-state index contributed by atoms with van der Waals surface area (Å²) >= 11 is 0. The van der Waals surface area contributed by atoms with Crippen molar-refractivity contribution in [2.75, 3.05) is 29.4 Å². The predicted octanol–water partition coefficient (Wildman–Crippen LogP) is 4.53. The van der Waals surface area contributed by atoms with Gasteiger partial charge in [-0.3, -0.25) is 9.20 Å². The van der Waals surface area contributed by atoms with Gasteiger partial charge in [-0.25, -0.2) is 4.98 Å². The molecule has 7 nitrogen and oxygen atoms in total. The van der Waals surface area contributed by atoms with Gasteiger partial charge in [-0.15, -0.1) is 10.2 Å². The van der Waals surface area contributed by atoms with Gasteiger partial charge in [0.25, 0.3) is 0 Å². The summed E-state index contributed by atoms with van der Waals surface area (Å²) in [6.07, 6.45) is 1.70. The zero-order valence-corrected chi connectivity index (χ0v) is 19.8. The molecule has 7 heteroatoms. The highest BCUT2D eigenvalue weighted by Gasteiger charge is 2.27. The average Bonchev–Trinajstić information content (AvgIpc) is 3.38.